The van der Waals surface area contributed by atoms with Gasteiger partial charge in [0.1, 0.15) is 11.5 Å². The highest BCUT2D eigenvalue weighted by Gasteiger charge is 2.38. The van der Waals surface area contributed by atoms with Gasteiger partial charge < -0.3 is 16.2 Å². The van der Waals surface area contributed by atoms with Crippen LogP contribution < -0.4 is 26.0 Å². The number of nitrogen functional groups attached to an aromatic ring is 2. The van der Waals surface area contributed by atoms with Crippen molar-refractivity contribution in [3.8, 4) is 11.5 Å². The topological polar surface area (TPSA) is 136 Å². The lowest BCUT2D eigenvalue weighted by Crippen LogP contribution is -2.29. The van der Waals surface area contributed by atoms with E-state index < -0.39 is 23.6 Å². The lowest BCUT2D eigenvalue weighted by molar-refractivity contribution is 0.0910. The summed E-state index contributed by atoms with van der Waals surface area (Å²) in [6, 6.07) is 22.1. The van der Waals surface area contributed by atoms with E-state index in [1.807, 2.05) is 0 Å². The van der Waals surface area contributed by atoms with Gasteiger partial charge in [-0.15, -0.1) is 0 Å². The molecule has 4 aromatic rings. The third kappa shape index (κ3) is 3.49. The zero-order chi connectivity index (χ0) is 25.8. The monoisotopic (exact) mass is 490 g/mol. The highest BCUT2D eigenvalue weighted by molar-refractivity contribution is 6.35. The molecule has 9 nitrogen and oxygen atoms in total. The molecule has 180 valence electrons. The Bertz CT molecular complexity index is 1560. The third-order valence-electron chi connectivity index (χ3n) is 6.21. The zero-order valence-electron chi connectivity index (χ0n) is 19.2. The van der Waals surface area contributed by atoms with Crippen LogP contribution in [-0.2, 0) is 0 Å². The van der Waals surface area contributed by atoms with Crippen LogP contribution in [-0.4, -0.2) is 23.6 Å². The number of benzene rings is 4. The van der Waals surface area contributed by atoms with Gasteiger partial charge in [0.05, 0.1) is 33.6 Å². The Hall–Kier alpha value is -5.44. The van der Waals surface area contributed by atoms with E-state index in [1.54, 1.807) is 60.7 Å². The van der Waals surface area contributed by atoms with E-state index in [1.165, 1.54) is 24.3 Å². The van der Waals surface area contributed by atoms with Crippen LogP contribution in [0.25, 0.3) is 0 Å². The Morgan fingerprint density at radius 3 is 1.30 bits per heavy atom. The average Bonchev–Trinajstić information content (AvgIpc) is 3.27. The van der Waals surface area contributed by atoms with Crippen molar-refractivity contribution in [1.29, 1.82) is 0 Å². The van der Waals surface area contributed by atoms with Gasteiger partial charge in [0.2, 0.25) is 0 Å². The molecule has 6 rings (SSSR count). The molecular weight excluding hydrogens is 472 g/mol. The molecule has 9 heteroatoms. The highest BCUT2D eigenvalue weighted by Crippen LogP contribution is 2.35. The van der Waals surface area contributed by atoms with Gasteiger partial charge >= 0.3 is 0 Å². The third-order valence-corrected chi connectivity index (χ3v) is 6.21. The van der Waals surface area contributed by atoms with Crippen LogP contribution in [0, 0.1) is 0 Å². The maximum absolute atomic E-state index is 13.1. The summed E-state index contributed by atoms with van der Waals surface area (Å²) in [5.41, 5.74) is 14.1. The van der Waals surface area contributed by atoms with Crippen molar-refractivity contribution in [3.05, 3.63) is 107 Å². The summed E-state index contributed by atoms with van der Waals surface area (Å²) >= 11 is 0. The van der Waals surface area contributed by atoms with Crippen LogP contribution in [0.1, 0.15) is 41.4 Å². The van der Waals surface area contributed by atoms with Crippen LogP contribution in [0.3, 0.4) is 0 Å². The molecule has 0 unspecified atom stereocenters. The number of rotatable bonds is 4. The van der Waals surface area contributed by atoms with Crippen LogP contribution in [0.2, 0.25) is 0 Å². The summed E-state index contributed by atoms with van der Waals surface area (Å²) in [5, 5.41) is 0. The summed E-state index contributed by atoms with van der Waals surface area (Å²) in [6.07, 6.45) is 0. The van der Waals surface area contributed by atoms with Crippen molar-refractivity contribution in [2.75, 3.05) is 21.3 Å². The van der Waals surface area contributed by atoms with E-state index >= 15 is 0 Å². The Morgan fingerprint density at radius 2 is 0.892 bits per heavy atom. The minimum atomic E-state index is -0.497. The number of hydrogen-bond acceptors (Lipinski definition) is 7. The quantitative estimate of drug-likeness (QED) is 0.322. The molecule has 0 spiro atoms. The first-order valence-corrected chi connectivity index (χ1v) is 11.3. The fourth-order valence-corrected chi connectivity index (χ4v) is 4.50. The van der Waals surface area contributed by atoms with Gasteiger partial charge in [-0.25, -0.2) is 9.80 Å². The SMILES string of the molecule is Nc1cccc(N2C(=O)c3ccc(Oc4ccc5c(c4)C(=O)N(c4cccc(N)c4)C5=O)cc3C2=O)c1. The maximum Gasteiger partial charge on any atom is 0.266 e. The largest absolute Gasteiger partial charge is 0.457 e. The standard InChI is InChI=1S/C28H18N4O5/c29-15-3-1-5-17(11-15)31-25(33)21-9-7-19(13-23(21)27(31)35)37-20-8-10-22-24(14-20)28(36)32(26(22)34)18-6-2-4-16(30)12-18/h1-14H,29-30H2. The Balaban J connectivity index is 1.28. The van der Waals surface area contributed by atoms with Gasteiger partial charge in [-0.05, 0) is 72.8 Å². The second kappa shape index (κ2) is 8.06. The normalized spacial score (nSPS) is 14.3. The number of nitrogens with two attached hydrogens (primary N) is 2. The molecule has 4 N–H and O–H groups in total. The molecule has 0 atom stereocenters. The van der Waals surface area contributed by atoms with Crippen LogP contribution in [0.5, 0.6) is 11.5 Å². The van der Waals surface area contributed by atoms with Gasteiger partial charge in [-0.1, -0.05) is 12.1 Å². The molecule has 0 fully saturated rings. The number of carbonyl (C=O) groups is 4. The predicted octanol–water partition coefficient (Wildman–Crippen LogP) is 4.24. The molecule has 0 aromatic heterocycles. The number of nitrogens with zero attached hydrogens (tertiary/aromatic N) is 2. The number of imide groups is 2. The van der Waals surface area contributed by atoms with E-state index in [0.717, 1.165) is 9.80 Å². The van der Waals surface area contributed by atoms with Crippen molar-refractivity contribution >= 4 is 46.4 Å². The second-order valence-electron chi connectivity index (χ2n) is 8.60. The first-order valence-electron chi connectivity index (χ1n) is 11.3. The average molecular weight is 490 g/mol. The minimum Gasteiger partial charge on any atom is -0.457 e. The molecule has 0 saturated carbocycles. The molecule has 2 heterocycles. The van der Waals surface area contributed by atoms with E-state index in [9.17, 15) is 19.2 Å². The van der Waals surface area contributed by atoms with Crippen LogP contribution in [0.15, 0.2) is 84.9 Å². The number of fused-ring (bicyclic) bond motifs is 2. The summed E-state index contributed by atoms with van der Waals surface area (Å²) in [4.78, 5) is 54.0. The molecule has 0 saturated heterocycles. The van der Waals surface area contributed by atoms with E-state index in [2.05, 4.69) is 0 Å². The first kappa shape index (κ1) is 22.1. The van der Waals surface area contributed by atoms with E-state index in [-0.39, 0.29) is 22.3 Å². The van der Waals surface area contributed by atoms with Gasteiger partial charge in [0.25, 0.3) is 23.6 Å². The number of anilines is 4. The van der Waals surface area contributed by atoms with Crippen LogP contribution >= 0.6 is 0 Å². The molecule has 2 aliphatic rings. The molecule has 4 aromatic carbocycles. The summed E-state index contributed by atoms with van der Waals surface area (Å²) in [6.45, 7) is 0. The highest BCUT2D eigenvalue weighted by atomic mass is 16.5. The lowest BCUT2D eigenvalue weighted by atomic mass is 10.1. The number of amides is 4. The number of hydrogen-bond donors (Lipinski definition) is 2. The maximum atomic E-state index is 13.1. The molecule has 2 aliphatic heterocycles. The molecule has 0 aliphatic carbocycles. The van der Waals surface area contributed by atoms with Crippen molar-refractivity contribution in [1.82, 2.24) is 0 Å². The molecule has 37 heavy (non-hydrogen) atoms. The van der Waals surface area contributed by atoms with Crippen LogP contribution in [0.4, 0.5) is 22.7 Å². The molecule has 4 amide bonds. The lowest BCUT2D eigenvalue weighted by Gasteiger charge is -2.14. The fourth-order valence-electron chi connectivity index (χ4n) is 4.50. The van der Waals surface area contributed by atoms with Gasteiger partial charge in [0, 0.05) is 11.4 Å². The number of carbonyl (C=O) groups excluding carboxylic acids is 4. The predicted molar refractivity (Wildman–Crippen MR) is 137 cm³/mol. The Kier molecular flexibility index (Phi) is 4.80. The van der Waals surface area contributed by atoms with Crippen molar-refractivity contribution in [2.24, 2.45) is 0 Å². The Labute approximate surface area is 210 Å². The van der Waals surface area contributed by atoms with Gasteiger partial charge in [-0.3, -0.25) is 19.2 Å². The Morgan fingerprint density at radius 1 is 0.486 bits per heavy atom. The zero-order valence-corrected chi connectivity index (χ0v) is 19.2. The van der Waals surface area contributed by atoms with Crippen molar-refractivity contribution in [3.63, 3.8) is 0 Å². The van der Waals surface area contributed by atoms with Gasteiger partial charge in [0.15, 0.2) is 0 Å². The summed E-state index contributed by atoms with van der Waals surface area (Å²) in [7, 11) is 0. The van der Waals surface area contributed by atoms with E-state index in [0.29, 0.717) is 34.2 Å². The smallest absolute Gasteiger partial charge is 0.266 e. The molecule has 0 bridgehead atoms. The molecular formula is C28H18N4O5. The summed E-state index contributed by atoms with van der Waals surface area (Å²) < 4.78 is 5.91. The first-order chi connectivity index (χ1) is 17.8. The molecule has 0 radical (unpaired) electrons. The van der Waals surface area contributed by atoms with Crippen molar-refractivity contribution in [2.45, 2.75) is 0 Å². The van der Waals surface area contributed by atoms with Gasteiger partial charge in [-0.2, -0.15) is 0 Å². The van der Waals surface area contributed by atoms with Crippen molar-refractivity contribution < 1.29 is 23.9 Å². The number of ether oxygens (including phenoxy) is 1. The van der Waals surface area contributed by atoms with E-state index in [4.69, 9.17) is 16.2 Å². The minimum absolute atomic E-state index is 0.185. The second-order valence-corrected chi connectivity index (χ2v) is 8.60. The summed E-state index contributed by atoms with van der Waals surface area (Å²) in [5.74, 6) is -1.33. The fraction of sp³-hybridized carbons (Fsp3) is 0.